The van der Waals surface area contributed by atoms with E-state index in [1.807, 2.05) is 0 Å². The number of carboxylic acids is 1. The normalized spacial score (nSPS) is 33.6. The lowest BCUT2D eigenvalue weighted by Gasteiger charge is -2.60. The smallest absolute Gasteiger partial charge is 0.407 e. The van der Waals surface area contributed by atoms with Gasteiger partial charge in [-0.25, -0.2) is 9.59 Å². The molecule has 0 heterocycles. The Balaban J connectivity index is 1.15. The van der Waals surface area contributed by atoms with Crippen LogP contribution in [0, 0.1) is 40.4 Å². The molecule has 7 heteroatoms. The van der Waals surface area contributed by atoms with Crippen LogP contribution in [0.15, 0.2) is 37.0 Å². The van der Waals surface area contributed by atoms with Crippen molar-refractivity contribution in [3.63, 3.8) is 0 Å². The molecule has 3 N–H and O–H groups in total. The number of hydrogen-bond acceptors (Lipinski definition) is 4. The Morgan fingerprint density at radius 2 is 1.75 bits per heavy atom. The summed E-state index contributed by atoms with van der Waals surface area (Å²) >= 11 is 0. The van der Waals surface area contributed by atoms with Crippen molar-refractivity contribution in [1.29, 1.82) is 0 Å². The Bertz CT molecular complexity index is 1070. The molecule has 4 fully saturated rings. The zero-order chi connectivity index (χ0) is 31.7. The highest BCUT2D eigenvalue weighted by molar-refractivity contribution is 5.83. The van der Waals surface area contributed by atoms with Crippen molar-refractivity contribution < 1.29 is 24.2 Å². The minimum absolute atomic E-state index is 0.107. The summed E-state index contributed by atoms with van der Waals surface area (Å²) in [6, 6.07) is -0.909. The minimum Gasteiger partial charge on any atom is -0.480 e. The van der Waals surface area contributed by atoms with Gasteiger partial charge in [0.1, 0.15) is 12.6 Å². The fourth-order valence-electron chi connectivity index (χ4n) is 10.1. The van der Waals surface area contributed by atoms with E-state index < -0.39 is 18.1 Å². The van der Waals surface area contributed by atoms with Gasteiger partial charge in [0.2, 0.25) is 5.91 Å². The van der Waals surface area contributed by atoms with Crippen LogP contribution in [0.3, 0.4) is 0 Å². The van der Waals surface area contributed by atoms with Crippen LogP contribution < -0.4 is 10.6 Å². The molecule has 0 aromatic rings. The van der Waals surface area contributed by atoms with E-state index in [2.05, 4.69) is 37.6 Å². The van der Waals surface area contributed by atoms with Gasteiger partial charge in [-0.3, -0.25) is 4.79 Å². The molecular weight excluding hydrogens is 552 g/mol. The molecule has 0 saturated heterocycles. The summed E-state index contributed by atoms with van der Waals surface area (Å²) < 4.78 is 5.13. The summed E-state index contributed by atoms with van der Waals surface area (Å²) in [6.45, 7) is 13.0. The van der Waals surface area contributed by atoms with Crippen molar-refractivity contribution >= 4 is 18.0 Å². The zero-order valence-corrected chi connectivity index (χ0v) is 27.4. The van der Waals surface area contributed by atoms with Crippen molar-refractivity contribution in [1.82, 2.24) is 10.6 Å². The molecule has 0 radical (unpaired) electrons. The number of carbonyl (C=O) groups is 3. The molecule has 0 aliphatic heterocycles. The van der Waals surface area contributed by atoms with E-state index in [0.717, 1.165) is 42.1 Å². The van der Waals surface area contributed by atoms with Gasteiger partial charge in [0.25, 0.3) is 0 Å². The first-order chi connectivity index (χ1) is 21.1. The molecule has 0 spiro atoms. The van der Waals surface area contributed by atoms with Gasteiger partial charge in [-0.1, -0.05) is 58.1 Å². The van der Waals surface area contributed by atoms with Crippen LogP contribution in [0.2, 0.25) is 0 Å². The number of amides is 2. The van der Waals surface area contributed by atoms with Crippen molar-refractivity contribution in [3.8, 4) is 0 Å². The topological polar surface area (TPSA) is 105 Å². The molecule has 2 amide bonds. The molecular formula is C37H58N2O5. The average Bonchev–Trinajstić information content (AvgIpc) is 3.34. The number of carbonyl (C=O) groups excluding carboxylic acids is 2. The highest BCUT2D eigenvalue weighted by Crippen LogP contribution is 2.67. The number of hydrogen-bond donors (Lipinski definition) is 3. The van der Waals surface area contributed by atoms with Crippen LogP contribution in [0.1, 0.15) is 117 Å². The maximum absolute atomic E-state index is 12.8. The third kappa shape index (κ3) is 7.98. The molecule has 8 atom stereocenters. The van der Waals surface area contributed by atoms with Gasteiger partial charge in [0, 0.05) is 13.0 Å². The third-order valence-electron chi connectivity index (χ3n) is 12.5. The Hall–Kier alpha value is -2.57. The van der Waals surface area contributed by atoms with Crippen molar-refractivity contribution in [2.75, 3.05) is 13.2 Å². The maximum Gasteiger partial charge on any atom is 0.407 e. The highest BCUT2D eigenvalue weighted by atomic mass is 16.5. The number of ether oxygens (including phenoxy) is 1. The Morgan fingerprint density at radius 1 is 0.955 bits per heavy atom. The largest absolute Gasteiger partial charge is 0.480 e. The van der Waals surface area contributed by atoms with Crippen LogP contribution in [0.25, 0.3) is 0 Å². The molecule has 0 aromatic carbocycles. The van der Waals surface area contributed by atoms with E-state index in [1.165, 1.54) is 64.2 Å². The molecule has 4 aliphatic carbocycles. The van der Waals surface area contributed by atoms with Crippen LogP contribution in [-0.4, -0.2) is 42.3 Å². The van der Waals surface area contributed by atoms with Crippen molar-refractivity contribution in [2.24, 2.45) is 40.4 Å². The predicted molar refractivity (Wildman–Crippen MR) is 175 cm³/mol. The molecule has 7 nitrogen and oxygen atoms in total. The molecule has 246 valence electrons. The monoisotopic (exact) mass is 610 g/mol. The number of unbranched alkanes of at least 4 members (excludes halogenated alkanes) is 1. The number of carboxylic acid groups (broad SMARTS) is 1. The fourth-order valence-corrected chi connectivity index (χ4v) is 10.1. The molecule has 4 rings (SSSR count). The lowest BCUT2D eigenvalue weighted by atomic mass is 9.45. The second-order valence-electron chi connectivity index (χ2n) is 14.8. The molecule has 4 saturated carbocycles. The molecule has 3 unspecified atom stereocenters. The van der Waals surface area contributed by atoms with Gasteiger partial charge in [0.15, 0.2) is 0 Å². The summed E-state index contributed by atoms with van der Waals surface area (Å²) in [7, 11) is 0. The standard InChI is InChI=1S/C37H58N2O5/c1-5-12-26(6-2)25-44-35(43)38-24-10-8-15-32(34(41)42)39-33(40)16-11-14-28-18-20-30-29-19-17-27-13-7-9-22-36(27,3)31(29)21-23-37(28,30)4/h5-6,12,27-32H,1-2,7-11,13-25H2,3-4H3,(H,38,43)(H,39,40)(H,41,42)/b26-12+/t27-,28-,29-,30?,31?,32?,36-,37+/m0/s1. The third-order valence-corrected chi connectivity index (χ3v) is 12.5. The molecule has 0 aromatic heterocycles. The van der Waals surface area contributed by atoms with Gasteiger partial charge in [-0.05, 0) is 129 Å². The van der Waals surface area contributed by atoms with E-state index in [-0.39, 0.29) is 12.5 Å². The van der Waals surface area contributed by atoms with Crippen LogP contribution >= 0.6 is 0 Å². The number of nitrogens with one attached hydrogen (secondary N) is 2. The van der Waals surface area contributed by atoms with E-state index in [9.17, 15) is 19.5 Å². The minimum atomic E-state index is -1.01. The quantitative estimate of drug-likeness (QED) is 0.129. The second kappa shape index (κ2) is 15.6. The first kappa shape index (κ1) is 34.3. The van der Waals surface area contributed by atoms with Gasteiger partial charge in [-0.15, -0.1) is 0 Å². The van der Waals surface area contributed by atoms with Crippen molar-refractivity contribution in [2.45, 2.75) is 123 Å². The number of rotatable bonds is 15. The summed E-state index contributed by atoms with van der Waals surface area (Å²) in [4.78, 5) is 36.4. The number of fused-ring (bicyclic) bond motifs is 5. The fraction of sp³-hybridized carbons (Fsp3) is 0.757. The van der Waals surface area contributed by atoms with Crippen LogP contribution in [0.4, 0.5) is 4.79 Å². The van der Waals surface area contributed by atoms with Crippen LogP contribution in [-0.2, 0) is 14.3 Å². The molecule has 4 aliphatic rings. The zero-order valence-electron chi connectivity index (χ0n) is 27.4. The Morgan fingerprint density at radius 3 is 2.50 bits per heavy atom. The predicted octanol–water partition coefficient (Wildman–Crippen LogP) is 7.97. The van der Waals surface area contributed by atoms with Gasteiger partial charge >= 0.3 is 12.1 Å². The maximum atomic E-state index is 12.8. The van der Waals surface area contributed by atoms with E-state index in [4.69, 9.17) is 4.74 Å². The Kier molecular flexibility index (Phi) is 12.2. The SMILES string of the molecule is C=C/C=C(\C=C)COC(=O)NCCCCC(NC(=O)CCC[C@H]1CCC2[C@@H]3CC[C@@H]4CCCC[C@]4(C)C3CC[C@@]21C)C(=O)O. The average molecular weight is 611 g/mol. The molecule has 0 bridgehead atoms. The Labute approximate surface area is 265 Å². The second-order valence-corrected chi connectivity index (χ2v) is 14.8. The highest BCUT2D eigenvalue weighted by Gasteiger charge is 2.59. The van der Waals surface area contributed by atoms with Gasteiger partial charge in [-0.2, -0.15) is 0 Å². The van der Waals surface area contributed by atoms with E-state index >= 15 is 0 Å². The van der Waals surface area contributed by atoms with E-state index in [0.29, 0.717) is 49.0 Å². The lowest BCUT2D eigenvalue weighted by molar-refractivity contribution is -0.142. The summed E-state index contributed by atoms with van der Waals surface area (Å²) in [5.41, 5.74) is 1.71. The van der Waals surface area contributed by atoms with Crippen LogP contribution in [0.5, 0.6) is 0 Å². The first-order valence-electron chi connectivity index (χ1n) is 17.5. The van der Waals surface area contributed by atoms with Gasteiger partial charge in [0.05, 0.1) is 0 Å². The number of alkyl carbamates (subject to hydrolysis) is 1. The summed E-state index contributed by atoms with van der Waals surface area (Å²) in [6.07, 6.45) is 22.1. The summed E-state index contributed by atoms with van der Waals surface area (Å²) in [5.74, 6) is 3.09. The number of allylic oxidation sites excluding steroid dienone is 2. The molecule has 44 heavy (non-hydrogen) atoms. The lowest BCUT2D eigenvalue weighted by Crippen LogP contribution is -2.52. The van der Waals surface area contributed by atoms with E-state index in [1.54, 1.807) is 18.2 Å². The summed E-state index contributed by atoms with van der Waals surface area (Å²) in [5, 5.41) is 15.1. The van der Waals surface area contributed by atoms with Gasteiger partial charge < -0.3 is 20.5 Å². The van der Waals surface area contributed by atoms with Crippen molar-refractivity contribution in [3.05, 3.63) is 37.0 Å². The number of aliphatic carboxylic acids is 1. The first-order valence-corrected chi connectivity index (χ1v) is 17.5.